The second-order valence-corrected chi connectivity index (χ2v) is 11.9. The van der Waals surface area contributed by atoms with E-state index in [1.807, 2.05) is 18.3 Å². The van der Waals surface area contributed by atoms with Crippen molar-refractivity contribution in [3.05, 3.63) is 58.4 Å². The summed E-state index contributed by atoms with van der Waals surface area (Å²) in [5, 5.41) is 18.4. The van der Waals surface area contributed by atoms with E-state index in [9.17, 15) is 9.90 Å². The van der Waals surface area contributed by atoms with Gasteiger partial charge in [-0.3, -0.25) is 9.78 Å². The zero-order chi connectivity index (χ0) is 26.6. The number of fused-ring (bicyclic) bond motifs is 2. The summed E-state index contributed by atoms with van der Waals surface area (Å²) in [6.45, 7) is 8.35. The predicted molar refractivity (Wildman–Crippen MR) is 155 cm³/mol. The number of carbonyl (C=O) groups is 1. The van der Waals surface area contributed by atoms with Crippen LogP contribution in [0.15, 0.2) is 41.4 Å². The van der Waals surface area contributed by atoms with Crippen LogP contribution < -0.4 is 10.6 Å². The average Bonchev–Trinajstić information content (AvgIpc) is 2.92. The minimum absolute atomic E-state index is 0.0601. The number of carbonyl (C=O) groups excluding carboxylic acids is 1. The van der Waals surface area contributed by atoms with Crippen molar-refractivity contribution in [2.24, 2.45) is 5.92 Å². The lowest BCUT2D eigenvalue weighted by atomic mass is 9.96. The molecule has 202 valence electrons. The van der Waals surface area contributed by atoms with E-state index in [0.717, 1.165) is 72.8 Å². The van der Waals surface area contributed by atoms with Gasteiger partial charge < -0.3 is 20.6 Å². The van der Waals surface area contributed by atoms with Gasteiger partial charge in [0.05, 0.1) is 34.3 Å². The maximum atomic E-state index is 11.7. The molecule has 2 aliphatic rings. The van der Waals surface area contributed by atoms with Gasteiger partial charge in [-0.05, 0) is 74.0 Å². The van der Waals surface area contributed by atoms with Crippen LogP contribution in [0.25, 0.3) is 11.0 Å². The normalized spacial score (nSPS) is 19.7. The molecule has 0 spiro atoms. The predicted octanol–water partition coefficient (Wildman–Crippen LogP) is 5.38. The van der Waals surface area contributed by atoms with Crippen molar-refractivity contribution in [2.45, 2.75) is 56.6 Å². The second kappa shape index (κ2) is 12.3. The maximum Gasteiger partial charge on any atom is 0.234 e. The Morgan fingerprint density at radius 2 is 2.18 bits per heavy atom. The Hall–Kier alpha value is -2.23. The number of piperidine rings is 1. The number of amides is 1. The summed E-state index contributed by atoms with van der Waals surface area (Å²) in [5.41, 5.74) is 5.16. The summed E-state index contributed by atoms with van der Waals surface area (Å²) < 4.78 is 0. The first-order valence-electron chi connectivity index (χ1n) is 13.5. The molecule has 0 saturated carbocycles. The summed E-state index contributed by atoms with van der Waals surface area (Å²) in [6.07, 6.45) is 4.34. The smallest absolute Gasteiger partial charge is 0.234 e. The summed E-state index contributed by atoms with van der Waals surface area (Å²) in [6, 6.07) is 9.98. The van der Waals surface area contributed by atoms with Gasteiger partial charge in [0.1, 0.15) is 0 Å². The quantitative estimate of drug-likeness (QED) is 0.328. The molecule has 3 aromatic rings. The monoisotopic (exact) mass is 553 g/mol. The molecule has 0 radical (unpaired) electrons. The largest absolute Gasteiger partial charge is 0.387 e. The fourth-order valence-electron chi connectivity index (χ4n) is 5.33. The lowest BCUT2D eigenvalue weighted by Crippen LogP contribution is -2.41. The number of nitrogens with zero attached hydrogens (tertiary/aromatic N) is 3. The van der Waals surface area contributed by atoms with Gasteiger partial charge in [-0.1, -0.05) is 31.5 Å². The van der Waals surface area contributed by atoms with Crippen LogP contribution in [-0.2, 0) is 11.3 Å². The minimum atomic E-state index is -0.733. The summed E-state index contributed by atoms with van der Waals surface area (Å²) >= 11 is 8.19. The minimum Gasteiger partial charge on any atom is -0.387 e. The zero-order valence-corrected chi connectivity index (χ0v) is 23.6. The number of anilines is 1. The summed E-state index contributed by atoms with van der Waals surface area (Å²) in [4.78, 5) is 24.7. The van der Waals surface area contributed by atoms with Crippen molar-refractivity contribution < 1.29 is 9.90 Å². The van der Waals surface area contributed by atoms with Crippen molar-refractivity contribution in [3.8, 4) is 0 Å². The molecule has 1 fully saturated rings. The molecule has 1 aromatic heterocycles. The lowest BCUT2D eigenvalue weighted by molar-refractivity contribution is -0.113. The van der Waals surface area contributed by atoms with Crippen molar-refractivity contribution in [2.75, 3.05) is 37.2 Å². The molecule has 9 heteroatoms. The number of benzene rings is 2. The molecule has 1 saturated heterocycles. The molecule has 1 amide bonds. The number of aliphatic hydroxyl groups is 1. The van der Waals surface area contributed by atoms with Crippen LogP contribution in [0.2, 0.25) is 5.02 Å². The second-order valence-electron chi connectivity index (χ2n) is 10.5. The van der Waals surface area contributed by atoms with E-state index in [-0.39, 0.29) is 5.91 Å². The number of nitrogens with one attached hydrogen (secondary N) is 2. The lowest BCUT2D eigenvalue weighted by Gasteiger charge is -2.34. The van der Waals surface area contributed by atoms with Gasteiger partial charge in [-0.2, -0.15) is 0 Å². The van der Waals surface area contributed by atoms with Crippen molar-refractivity contribution in [1.82, 2.24) is 20.2 Å². The Bertz CT molecular complexity index is 1310. The SMILES string of the molecule is CCC(C)c1cnc2ccc(Cl)c(C(O)CN3CCCC(CNCc4ccc5c(c4)NC(=O)CS5)C3)c2n1. The molecule has 3 heterocycles. The van der Waals surface area contributed by atoms with Crippen LogP contribution in [0, 0.1) is 5.92 Å². The van der Waals surface area contributed by atoms with Gasteiger partial charge in [-0.25, -0.2) is 4.98 Å². The van der Waals surface area contributed by atoms with Crippen LogP contribution in [0.1, 0.15) is 62.0 Å². The van der Waals surface area contributed by atoms with Crippen LogP contribution in [-0.4, -0.2) is 57.8 Å². The third kappa shape index (κ3) is 6.32. The summed E-state index contributed by atoms with van der Waals surface area (Å²) in [7, 11) is 0. The van der Waals surface area contributed by atoms with Gasteiger partial charge in [0.2, 0.25) is 5.91 Å². The van der Waals surface area contributed by atoms with Crippen molar-refractivity contribution >= 4 is 46.0 Å². The van der Waals surface area contributed by atoms with Crippen molar-refractivity contribution in [1.29, 1.82) is 0 Å². The fraction of sp³-hybridized carbons (Fsp3) is 0.483. The maximum absolute atomic E-state index is 11.7. The van der Waals surface area contributed by atoms with Crippen LogP contribution in [0.3, 0.4) is 0 Å². The van der Waals surface area contributed by atoms with Gasteiger partial charge in [-0.15, -0.1) is 11.8 Å². The highest BCUT2D eigenvalue weighted by molar-refractivity contribution is 8.00. The Morgan fingerprint density at radius 3 is 3.03 bits per heavy atom. The Labute approximate surface area is 233 Å². The number of rotatable bonds is 9. The van der Waals surface area contributed by atoms with E-state index >= 15 is 0 Å². The van der Waals surface area contributed by atoms with Crippen LogP contribution in [0.4, 0.5) is 5.69 Å². The molecule has 0 bridgehead atoms. The molecule has 5 rings (SSSR count). The Kier molecular flexibility index (Phi) is 8.85. The topological polar surface area (TPSA) is 90.4 Å². The Balaban J connectivity index is 1.19. The standard InChI is InChI=1S/C29H36ClN5O2S/c1-3-18(2)24-14-32-22-8-7-21(30)28(29(22)34-24)25(36)16-35-10-4-5-20(15-35)13-31-12-19-6-9-26-23(11-19)33-27(37)17-38-26/h6-9,11,14,18,20,25,31,36H,3-5,10,12-13,15-17H2,1-2H3,(H,33,37). The molecule has 7 nitrogen and oxygen atoms in total. The molecule has 3 unspecified atom stereocenters. The molecule has 0 aliphatic carbocycles. The third-order valence-corrected chi connectivity index (χ3v) is 9.05. The van der Waals surface area contributed by atoms with Gasteiger partial charge in [0, 0.05) is 41.3 Å². The molecule has 2 aromatic carbocycles. The number of hydrogen-bond donors (Lipinski definition) is 3. The first kappa shape index (κ1) is 27.3. The van der Waals surface area contributed by atoms with E-state index < -0.39 is 6.10 Å². The first-order chi connectivity index (χ1) is 18.4. The van der Waals surface area contributed by atoms with E-state index in [1.165, 1.54) is 0 Å². The van der Waals surface area contributed by atoms with Crippen LogP contribution >= 0.6 is 23.4 Å². The molecule has 3 atom stereocenters. The first-order valence-corrected chi connectivity index (χ1v) is 14.9. The fourth-order valence-corrected chi connectivity index (χ4v) is 6.40. The van der Waals surface area contributed by atoms with Gasteiger partial charge >= 0.3 is 0 Å². The van der Waals surface area contributed by atoms with Gasteiger partial charge in [0.15, 0.2) is 0 Å². The molecule has 2 aliphatic heterocycles. The molecular formula is C29H36ClN5O2S. The highest BCUT2D eigenvalue weighted by atomic mass is 35.5. The number of β-amino-alcohol motifs (C(OH)–C–C–N with tert-alkyl or cyclic N) is 1. The number of aromatic nitrogens is 2. The summed E-state index contributed by atoms with van der Waals surface area (Å²) in [5.74, 6) is 1.34. The molecule has 38 heavy (non-hydrogen) atoms. The zero-order valence-electron chi connectivity index (χ0n) is 22.0. The third-order valence-electron chi connectivity index (χ3n) is 7.64. The van der Waals surface area contributed by atoms with Gasteiger partial charge in [0.25, 0.3) is 0 Å². The number of hydrogen-bond acceptors (Lipinski definition) is 7. The molecule has 3 N–H and O–H groups in total. The highest BCUT2D eigenvalue weighted by Crippen LogP contribution is 2.33. The number of halogens is 1. The average molecular weight is 554 g/mol. The van der Waals surface area contributed by atoms with E-state index in [2.05, 4.69) is 52.6 Å². The Morgan fingerprint density at radius 1 is 1.32 bits per heavy atom. The highest BCUT2D eigenvalue weighted by Gasteiger charge is 2.25. The number of thioether (sulfide) groups is 1. The number of aliphatic hydroxyl groups excluding tert-OH is 1. The molecular weight excluding hydrogens is 518 g/mol. The van der Waals surface area contributed by atoms with Crippen LogP contribution in [0.5, 0.6) is 0 Å². The van der Waals surface area contributed by atoms with E-state index in [4.69, 9.17) is 16.6 Å². The number of likely N-dealkylation sites (tertiary alicyclic amines) is 1. The van der Waals surface area contributed by atoms with E-state index in [1.54, 1.807) is 11.8 Å². The van der Waals surface area contributed by atoms with E-state index in [0.29, 0.717) is 40.2 Å². The van der Waals surface area contributed by atoms with Crippen molar-refractivity contribution in [3.63, 3.8) is 0 Å².